The molecule has 0 radical (unpaired) electrons. The second-order valence-corrected chi connectivity index (χ2v) is 7.09. The van der Waals surface area contributed by atoms with E-state index in [-0.39, 0.29) is 28.6 Å². The lowest BCUT2D eigenvalue weighted by Crippen LogP contribution is -2.48. The zero-order valence-electron chi connectivity index (χ0n) is 14.0. The minimum Gasteiger partial charge on any atom is -0.393 e. The summed E-state index contributed by atoms with van der Waals surface area (Å²) < 4.78 is 14.1. The minimum atomic E-state index is -0.625. The highest BCUT2D eigenvalue weighted by atomic mass is 35.5. The SMILES string of the molecule is Cc1ccc(F)c(C(=O)N[C@@H](Cc2ccccc2)C2CC(O)C2)c1Cl. The van der Waals surface area contributed by atoms with Crippen LogP contribution in [-0.4, -0.2) is 23.2 Å². The molecule has 132 valence electrons. The molecule has 3 rings (SSSR count). The van der Waals surface area contributed by atoms with Crippen molar-refractivity contribution in [3.63, 3.8) is 0 Å². The maximum atomic E-state index is 14.1. The molecule has 0 aliphatic heterocycles. The van der Waals surface area contributed by atoms with Gasteiger partial charge in [0.15, 0.2) is 0 Å². The first-order chi connectivity index (χ1) is 12.0. The van der Waals surface area contributed by atoms with Crippen molar-refractivity contribution in [2.75, 3.05) is 0 Å². The molecule has 0 saturated heterocycles. The molecule has 2 aromatic carbocycles. The number of rotatable bonds is 5. The Balaban J connectivity index is 1.80. The van der Waals surface area contributed by atoms with Crippen LogP contribution in [0.4, 0.5) is 4.39 Å². The van der Waals surface area contributed by atoms with Gasteiger partial charge in [-0.25, -0.2) is 4.39 Å². The van der Waals surface area contributed by atoms with Crippen LogP contribution >= 0.6 is 11.6 Å². The normalized spacial score (nSPS) is 20.6. The number of carbonyl (C=O) groups is 1. The molecule has 1 fully saturated rings. The first-order valence-electron chi connectivity index (χ1n) is 8.43. The van der Waals surface area contributed by atoms with Gasteiger partial charge in [0, 0.05) is 6.04 Å². The van der Waals surface area contributed by atoms with Gasteiger partial charge in [-0.05, 0) is 49.3 Å². The summed E-state index contributed by atoms with van der Waals surface area (Å²) >= 11 is 6.15. The average Bonchev–Trinajstić information content (AvgIpc) is 2.56. The van der Waals surface area contributed by atoms with E-state index in [0.29, 0.717) is 24.8 Å². The number of hydrogen-bond donors (Lipinski definition) is 2. The molecular weight excluding hydrogens is 341 g/mol. The number of amides is 1. The van der Waals surface area contributed by atoms with Crippen molar-refractivity contribution >= 4 is 17.5 Å². The second kappa shape index (κ2) is 7.54. The van der Waals surface area contributed by atoms with Crippen molar-refractivity contribution in [1.29, 1.82) is 0 Å². The lowest BCUT2D eigenvalue weighted by Gasteiger charge is -2.38. The van der Waals surface area contributed by atoms with Gasteiger partial charge in [0.25, 0.3) is 5.91 Å². The van der Waals surface area contributed by atoms with Crippen LogP contribution in [0.15, 0.2) is 42.5 Å². The summed E-state index contributed by atoms with van der Waals surface area (Å²) in [6.45, 7) is 1.74. The molecule has 1 aliphatic carbocycles. The van der Waals surface area contributed by atoms with Crippen molar-refractivity contribution in [2.45, 2.75) is 38.3 Å². The van der Waals surface area contributed by atoms with Gasteiger partial charge >= 0.3 is 0 Å². The van der Waals surface area contributed by atoms with Crippen LogP contribution in [0.1, 0.15) is 34.3 Å². The first-order valence-corrected chi connectivity index (χ1v) is 8.81. The Morgan fingerprint density at radius 1 is 1.28 bits per heavy atom. The Hall–Kier alpha value is -1.91. The quantitative estimate of drug-likeness (QED) is 0.848. The van der Waals surface area contributed by atoms with E-state index in [9.17, 15) is 14.3 Å². The van der Waals surface area contributed by atoms with Crippen molar-refractivity contribution in [1.82, 2.24) is 5.32 Å². The molecule has 1 saturated carbocycles. The summed E-state index contributed by atoms with van der Waals surface area (Å²) in [7, 11) is 0. The molecule has 0 spiro atoms. The number of aliphatic hydroxyl groups is 1. The number of aliphatic hydroxyl groups excluding tert-OH is 1. The molecule has 1 aliphatic rings. The van der Waals surface area contributed by atoms with Gasteiger partial charge in [-0.1, -0.05) is 48.0 Å². The summed E-state index contributed by atoms with van der Waals surface area (Å²) in [5, 5.41) is 12.7. The Labute approximate surface area is 151 Å². The van der Waals surface area contributed by atoms with E-state index in [2.05, 4.69) is 5.32 Å². The lowest BCUT2D eigenvalue weighted by molar-refractivity contribution is 0.0239. The third kappa shape index (κ3) is 4.02. The van der Waals surface area contributed by atoms with E-state index in [1.54, 1.807) is 13.0 Å². The molecule has 0 heterocycles. The zero-order valence-corrected chi connectivity index (χ0v) is 14.8. The third-order valence-electron chi connectivity index (χ3n) is 4.84. The Morgan fingerprint density at radius 2 is 1.96 bits per heavy atom. The van der Waals surface area contributed by atoms with Crippen LogP contribution in [0.25, 0.3) is 0 Å². The molecule has 0 unspecified atom stereocenters. The number of halogens is 2. The van der Waals surface area contributed by atoms with Crippen LogP contribution in [0.3, 0.4) is 0 Å². The first kappa shape index (κ1) is 17.9. The molecule has 1 atom stereocenters. The van der Waals surface area contributed by atoms with Gasteiger partial charge < -0.3 is 10.4 Å². The fourth-order valence-electron chi connectivity index (χ4n) is 3.27. The topological polar surface area (TPSA) is 49.3 Å². The standard InChI is InChI=1S/C20H21ClFNO2/c1-12-7-8-16(22)18(19(12)21)20(25)23-17(14-10-15(24)11-14)9-13-5-3-2-4-6-13/h2-8,14-15,17,24H,9-11H2,1H3,(H,23,25)/t14?,15?,17-/m0/s1. The number of hydrogen-bond acceptors (Lipinski definition) is 2. The summed E-state index contributed by atoms with van der Waals surface area (Å²) in [6, 6.07) is 12.5. The van der Waals surface area contributed by atoms with E-state index in [1.165, 1.54) is 6.07 Å². The molecule has 0 bridgehead atoms. The van der Waals surface area contributed by atoms with Crippen LogP contribution < -0.4 is 5.32 Å². The number of nitrogens with one attached hydrogen (secondary N) is 1. The van der Waals surface area contributed by atoms with E-state index in [0.717, 1.165) is 5.56 Å². The summed E-state index contributed by atoms with van der Waals surface area (Å²) in [5.41, 5.74) is 1.64. The predicted molar refractivity (Wildman–Crippen MR) is 96.3 cm³/mol. The van der Waals surface area contributed by atoms with Gasteiger partial charge in [-0.3, -0.25) is 4.79 Å². The third-order valence-corrected chi connectivity index (χ3v) is 5.33. The number of benzene rings is 2. The predicted octanol–water partition coefficient (Wildman–Crippen LogP) is 3.90. The fraction of sp³-hybridized carbons (Fsp3) is 0.350. The highest BCUT2D eigenvalue weighted by Gasteiger charge is 2.35. The van der Waals surface area contributed by atoms with Gasteiger partial charge in [0.2, 0.25) is 0 Å². The molecular formula is C20H21ClFNO2. The second-order valence-electron chi connectivity index (χ2n) is 6.71. The maximum absolute atomic E-state index is 14.1. The molecule has 2 aromatic rings. The minimum absolute atomic E-state index is 0.111. The largest absolute Gasteiger partial charge is 0.393 e. The Kier molecular flexibility index (Phi) is 5.40. The van der Waals surface area contributed by atoms with Gasteiger partial charge in [0.05, 0.1) is 16.7 Å². The molecule has 3 nitrogen and oxygen atoms in total. The van der Waals surface area contributed by atoms with E-state index in [4.69, 9.17) is 11.6 Å². The Morgan fingerprint density at radius 3 is 2.60 bits per heavy atom. The summed E-state index contributed by atoms with van der Waals surface area (Å²) in [4.78, 5) is 12.7. The van der Waals surface area contributed by atoms with Crippen molar-refractivity contribution in [3.8, 4) is 0 Å². The zero-order chi connectivity index (χ0) is 18.0. The van der Waals surface area contributed by atoms with Gasteiger partial charge in [-0.2, -0.15) is 0 Å². The molecule has 25 heavy (non-hydrogen) atoms. The monoisotopic (exact) mass is 361 g/mol. The molecule has 1 amide bonds. The van der Waals surface area contributed by atoms with Crippen LogP contribution in [0, 0.1) is 18.7 Å². The van der Waals surface area contributed by atoms with Crippen LogP contribution in [0.5, 0.6) is 0 Å². The van der Waals surface area contributed by atoms with E-state index >= 15 is 0 Å². The van der Waals surface area contributed by atoms with Crippen molar-refractivity contribution < 1.29 is 14.3 Å². The molecule has 0 aromatic heterocycles. The average molecular weight is 362 g/mol. The molecule has 5 heteroatoms. The summed E-state index contributed by atoms with van der Waals surface area (Å²) in [6.07, 6.45) is 1.60. The smallest absolute Gasteiger partial charge is 0.256 e. The highest BCUT2D eigenvalue weighted by molar-refractivity contribution is 6.34. The molecule has 2 N–H and O–H groups in total. The highest BCUT2D eigenvalue weighted by Crippen LogP contribution is 2.32. The summed E-state index contributed by atoms with van der Waals surface area (Å²) in [5.74, 6) is -0.959. The van der Waals surface area contributed by atoms with Gasteiger partial charge in [-0.15, -0.1) is 0 Å². The Bertz CT molecular complexity index is 760. The maximum Gasteiger partial charge on any atom is 0.256 e. The van der Waals surface area contributed by atoms with Crippen LogP contribution in [0.2, 0.25) is 5.02 Å². The van der Waals surface area contributed by atoms with Crippen molar-refractivity contribution in [2.24, 2.45) is 5.92 Å². The lowest BCUT2D eigenvalue weighted by atomic mass is 9.75. The van der Waals surface area contributed by atoms with Crippen molar-refractivity contribution in [3.05, 3.63) is 70.0 Å². The van der Waals surface area contributed by atoms with Gasteiger partial charge in [0.1, 0.15) is 5.82 Å². The van der Waals surface area contributed by atoms with Crippen LogP contribution in [-0.2, 0) is 6.42 Å². The number of aryl methyl sites for hydroxylation is 1. The van der Waals surface area contributed by atoms with E-state index in [1.807, 2.05) is 30.3 Å². The fourth-order valence-corrected chi connectivity index (χ4v) is 3.51. The number of carbonyl (C=O) groups excluding carboxylic acids is 1. The van der Waals surface area contributed by atoms with E-state index < -0.39 is 11.7 Å².